The van der Waals surface area contributed by atoms with E-state index in [9.17, 15) is 13.4 Å². The second-order valence-corrected chi connectivity index (χ2v) is 7.25. The number of benzene rings is 1. The monoisotopic (exact) mass is 381 g/mol. The molecular formula is C18H24FN3O3S. The van der Waals surface area contributed by atoms with Crippen LogP contribution in [0.4, 0.5) is 21.6 Å². The summed E-state index contributed by atoms with van der Waals surface area (Å²) < 4.78 is 36.0. The van der Waals surface area contributed by atoms with Gasteiger partial charge in [0.05, 0.1) is 12.8 Å². The van der Waals surface area contributed by atoms with Crippen LogP contribution in [0.25, 0.3) is 0 Å². The number of hydrogen-bond acceptors (Lipinski definition) is 4. The van der Waals surface area contributed by atoms with Crippen molar-refractivity contribution in [3.63, 3.8) is 0 Å². The molecule has 0 aliphatic rings. The lowest BCUT2D eigenvalue weighted by molar-refractivity contribution is 0.415. The molecule has 0 aliphatic heterocycles. The van der Waals surface area contributed by atoms with Gasteiger partial charge in [-0.3, -0.25) is 14.1 Å². The maximum Gasteiger partial charge on any atom is 0.255 e. The predicted molar refractivity (Wildman–Crippen MR) is 104 cm³/mol. The van der Waals surface area contributed by atoms with E-state index in [0.29, 0.717) is 11.4 Å². The summed E-state index contributed by atoms with van der Waals surface area (Å²) in [7, 11) is 1.62. The molecule has 0 aliphatic carbocycles. The second kappa shape index (κ2) is 8.84. The Labute approximate surface area is 155 Å². The van der Waals surface area contributed by atoms with Gasteiger partial charge in [0, 0.05) is 18.9 Å². The molecular weight excluding hydrogens is 357 g/mol. The molecule has 6 nitrogen and oxygen atoms in total. The summed E-state index contributed by atoms with van der Waals surface area (Å²) in [5.41, 5.74) is 1.01. The van der Waals surface area contributed by atoms with Gasteiger partial charge in [-0.1, -0.05) is 19.4 Å². The van der Waals surface area contributed by atoms with Crippen LogP contribution in [0.3, 0.4) is 0 Å². The number of ether oxygens (including phenoxy) is 1. The second-order valence-electron chi connectivity index (χ2n) is 5.95. The normalized spacial score (nSPS) is 11.9. The van der Waals surface area contributed by atoms with Crippen molar-refractivity contribution < 1.29 is 13.3 Å². The highest BCUT2D eigenvalue weighted by Crippen LogP contribution is 2.33. The molecule has 142 valence electrons. The molecule has 1 aromatic carbocycles. The Bertz CT molecular complexity index is 867. The Kier molecular flexibility index (Phi) is 6.79. The van der Waals surface area contributed by atoms with Gasteiger partial charge in [0.25, 0.3) is 5.56 Å². The Morgan fingerprint density at radius 1 is 1.31 bits per heavy atom. The maximum absolute atomic E-state index is 14.3. The number of nitrogens with zero attached hydrogens (tertiary/aromatic N) is 1. The molecule has 0 amide bonds. The SMILES string of the molecule is CCCCS(=O)Nc1c(OC)cc(=O)n(C)c1Nc1ccc(C)cc1F. The third-order valence-corrected chi connectivity index (χ3v) is 4.99. The van der Waals surface area contributed by atoms with Crippen molar-refractivity contribution in [1.82, 2.24) is 4.57 Å². The van der Waals surface area contributed by atoms with Crippen LogP contribution in [0, 0.1) is 12.7 Å². The molecule has 2 aromatic rings. The zero-order valence-electron chi connectivity index (χ0n) is 15.4. The van der Waals surface area contributed by atoms with Gasteiger partial charge in [-0.15, -0.1) is 0 Å². The highest BCUT2D eigenvalue weighted by Gasteiger charge is 2.18. The van der Waals surface area contributed by atoms with Crippen molar-refractivity contribution >= 4 is 28.2 Å². The van der Waals surface area contributed by atoms with Crippen molar-refractivity contribution in [2.24, 2.45) is 7.05 Å². The number of unbranched alkanes of at least 4 members (excludes halogenated alkanes) is 1. The quantitative estimate of drug-likeness (QED) is 0.735. The molecule has 8 heteroatoms. The highest BCUT2D eigenvalue weighted by atomic mass is 32.2. The van der Waals surface area contributed by atoms with Gasteiger partial charge in [0.1, 0.15) is 28.3 Å². The molecule has 2 N–H and O–H groups in total. The fourth-order valence-electron chi connectivity index (χ4n) is 2.37. The minimum absolute atomic E-state index is 0.209. The molecule has 0 saturated heterocycles. The number of anilines is 3. The fraction of sp³-hybridized carbons (Fsp3) is 0.389. The van der Waals surface area contributed by atoms with Gasteiger partial charge >= 0.3 is 0 Å². The summed E-state index contributed by atoms with van der Waals surface area (Å²) in [4.78, 5) is 12.2. The first-order valence-corrected chi connectivity index (χ1v) is 9.65. The third-order valence-electron chi connectivity index (χ3n) is 3.90. The fourth-order valence-corrected chi connectivity index (χ4v) is 3.45. The Hall–Kier alpha value is -2.35. The lowest BCUT2D eigenvalue weighted by Crippen LogP contribution is -2.22. The number of rotatable bonds is 8. The summed E-state index contributed by atoms with van der Waals surface area (Å²) in [5.74, 6) is 0.536. The van der Waals surface area contributed by atoms with Gasteiger partial charge in [-0.25, -0.2) is 8.60 Å². The van der Waals surface area contributed by atoms with E-state index in [4.69, 9.17) is 4.74 Å². The van der Waals surface area contributed by atoms with Crippen molar-refractivity contribution in [3.8, 4) is 5.75 Å². The van der Waals surface area contributed by atoms with E-state index < -0.39 is 16.8 Å². The molecule has 0 radical (unpaired) electrons. The number of nitrogens with one attached hydrogen (secondary N) is 2. The molecule has 26 heavy (non-hydrogen) atoms. The van der Waals surface area contributed by atoms with Crippen LogP contribution >= 0.6 is 0 Å². The van der Waals surface area contributed by atoms with Crippen LogP contribution in [0.2, 0.25) is 0 Å². The summed E-state index contributed by atoms with van der Waals surface area (Å²) >= 11 is 0. The summed E-state index contributed by atoms with van der Waals surface area (Å²) in [6.07, 6.45) is 1.71. The summed E-state index contributed by atoms with van der Waals surface area (Å²) in [6.45, 7) is 3.80. The van der Waals surface area contributed by atoms with Crippen molar-refractivity contribution in [2.45, 2.75) is 26.7 Å². The average Bonchev–Trinajstić information content (AvgIpc) is 2.60. The maximum atomic E-state index is 14.3. The van der Waals surface area contributed by atoms with E-state index in [1.165, 1.54) is 23.8 Å². The Balaban J connectivity index is 2.49. The van der Waals surface area contributed by atoms with E-state index in [1.54, 1.807) is 26.1 Å². The first kappa shape index (κ1) is 20.0. The van der Waals surface area contributed by atoms with E-state index in [1.807, 2.05) is 6.92 Å². The van der Waals surface area contributed by atoms with Gasteiger partial charge in [-0.2, -0.15) is 0 Å². The van der Waals surface area contributed by atoms with Gasteiger partial charge < -0.3 is 10.1 Å². The minimum Gasteiger partial charge on any atom is -0.494 e. The van der Waals surface area contributed by atoms with Crippen LogP contribution in [0.5, 0.6) is 5.75 Å². The first-order valence-electron chi connectivity index (χ1n) is 8.33. The first-order chi connectivity index (χ1) is 12.4. The molecule has 1 unspecified atom stereocenters. The smallest absolute Gasteiger partial charge is 0.255 e. The van der Waals surface area contributed by atoms with Gasteiger partial charge in [0.2, 0.25) is 0 Å². The summed E-state index contributed by atoms with van der Waals surface area (Å²) in [6, 6.07) is 6.05. The van der Waals surface area contributed by atoms with Crippen LogP contribution in [-0.2, 0) is 18.0 Å². The Morgan fingerprint density at radius 2 is 2.04 bits per heavy atom. The molecule has 1 aromatic heterocycles. The number of pyridine rings is 1. The number of hydrogen-bond donors (Lipinski definition) is 2. The largest absolute Gasteiger partial charge is 0.494 e. The zero-order valence-corrected chi connectivity index (χ0v) is 16.2. The topological polar surface area (TPSA) is 72.4 Å². The van der Waals surface area contributed by atoms with Gasteiger partial charge in [0.15, 0.2) is 5.75 Å². The third kappa shape index (κ3) is 4.63. The summed E-state index contributed by atoms with van der Waals surface area (Å²) in [5, 5.41) is 2.92. The average molecular weight is 381 g/mol. The molecule has 1 heterocycles. The standard InChI is InChI=1S/C18H24FN3O3S/c1-5-6-9-26(24)21-17-15(25-4)11-16(23)22(3)18(17)20-14-8-7-12(2)10-13(14)19/h7-8,10-11,20-21H,5-6,9H2,1-4H3. The number of methoxy groups -OCH3 is 1. The molecule has 0 fully saturated rings. The number of halogens is 1. The van der Waals surface area contributed by atoms with E-state index in [2.05, 4.69) is 10.0 Å². The predicted octanol–water partition coefficient (Wildman–Crippen LogP) is 3.46. The lowest BCUT2D eigenvalue weighted by atomic mass is 10.2. The van der Waals surface area contributed by atoms with Crippen molar-refractivity contribution in [1.29, 1.82) is 0 Å². The molecule has 1 atom stereocenters. The Morgan fingerprint density at radius 3 is 2.65 bits per heavy atom. The van der Waals surface area contributed by atoms with Crippen LogP contribution in [0.1, 0.15) is 25.3 Å². The van der Waals surface area contributed by atoms with Crippen molar-refractivity contribution in [3.05, 3.63) is 46.0 Å². The van der Waals surface area contributed by atoms with Crippen LogP contribution < -0.4 is 20.3 Å². The van der Waals surface area contributed by atoms with E-state index in [-0.39, 0.29) is 22.8 Å². The van der Waals surface area contributed by atoms with Crippen molar-refractivity contribution in [2.75, 3.05) is 22.9 Å². The van der Waals surface area contributed by atoms with Crippen LogP contribution in [-0.4, -0.2) is 21.6 Å². The zero-order chi connectivity index (χ0) is 19.3. The minimum atomic E-state index is -1.35. The molecule has 0 saturated carbocycles. The number of aromatic nitrogens is 1. The van der Waals surface area contributed by atoms with E-state index in [0.717, 1.165) is 18.4 Å². The lowest BCUT2D eigenvalue weighted by Gasteiger charge is -2.19. The van der Waals surface area contributed by atoms with Crippen LogP contribution in [0.15, 0.2) is 29.1 Å². The number of aryl methyl sites for hydroxylation is 1. The molecule has 2 rings (SSSR count). The molecule has 0 bridgehead atoms. The highest BCUT2D eigenvalue weighted by molar-refractivity contribution is 7.86. The van der Waals surface area contributed by atoms with E-state index >= 15 is 0 Å². The molecule has 0 spiro atoms. The van der Waals surface area contributed by atoms with Gasteiger partial charge in [-0.05, 0) is 31.0 Å².